The highest BCUT2D eigenvalue weighted by atomic mass is 32.2. The molecule has 1 fully saturated rings. The van der Waals surface area contributed by atoms with E-state index >= 15 is 0 Å². The lowest BCUT2D eigenvalue weighted by atomic mass is 10.1. The van der Waals surface area contributed by atoms with Crippen molar-refractivity contribution in [1.82, 2.24) is 9.29 Å². The molecule has 1 aromatic heterocycles. The number of aromatic carboxylic acids is 1. The van der Waals surface area contributed by atoms with Crippen LogP contribution in [0.5, 0.6) is 0 Å². The molecule has 7 nitrogen and oxygen atoms in total. The van der Waals surface area contributed by atoms with Crippen LogP contribution in [-0.2, 0) is 10.0 Å². The topological polar surface area (TPSA) is 111 Å². The van der Waals surface area contributed by atoms with Gasteiger partial charge in [-0.1, -0.05) is 6.42 Å². The minimum absolute atomic E-state index is 0.0141. The SMILES string of the molecule is Cc1[nH]c(C(=O)O)c(C)c1S(=O)(=O)N1CCCCC1CO. The largest absolute Gasteiger partial charge is 0.477 e. The fourth-order valence-corrected chi connectivity index (χ4v) is 5.02. The summed E-state index contributed by atoms with van der Waals surface area (Å²) in [6, 6.07) is -0.439. The van der Waals surface area contributed by atoms with Crippen LogP contribution in [0.15, 0.2) is 4.90 Å². The number of hydrogen-bond donors (Lipinski definition) is 3. The summed E-state index contributed by atoms with van der Waals surface area (Å²) >= 11 is 0. The molecule has 1 atom stereocenters. The van der Waals surface area contributed by atoms with Crippen LogP contribution in [0.3, 0.4) is 0 Å². The number of aromatic nitrogens is 1. The molecule has 21 heavy (non-hydrogen) atoms. The number of aliphatic hydroxyl groups excluding tert-OH is 1. The first-order chi connectivity index (χ1) is 9.80. The summed E-state index contributed by atoms with van der Waals surface area (Å²) in [5, 5.41) is 18.5. The summed E-state index contributed by atoms with van der Waals surface area (Å²) < 4.78 is 27.0. The molecule has 0 aromatic carbocycles. The van der Waals surface area contributed by atoms with E-state index < -0.39 is 22.0 Å². The van der Waals surface area contributed by atoms with E-state index in [0.717, 1.165) is 12.8 Å². The third kappa shape index (κ3) is 2.70. The van der Waals surface area contributed by atoms with Crippen LogP contribution >= 0.6 is 0 Å². The van der Waals surface area contributed by atoms with Crippen LogP contribution in [0.4, 0.5) is 0 Å². The van der Waals surface area contributed by atoms with Crippen molar-refractivity contribution < 1.29 is 23.4 Å². The maximum atomic E-state index is 12.8. The molecule has 8 heteroatoms. The Labute approximate surface area is 123 Å². The van der Waals surface area contributed by atoms with Gasteiger partial charge in [-0.05, 0) is 26.7 Å². The third-order valence-corrected chi connectivity index (χ3v) is 6.16. The number of sulfonamides is 1. The average molecular weight is 316 g/mol. The van der Waals surface area contributed by atoms with E-state index in [-0.39, 0.29) is 22.8 Å². The van der Waals surface area contributed by atoms with E-state index in [0.29, 0.717) is 18.7 Å². The predicted molar refractivity (Wildman–Crippen MR) is 75.8 cm³/mol. The molecule has 0 spiro atoms. The minimum atomic E-state index is -3.82. The highest BCUT2D eigenvalue weighted by molar-refractivity contribution is 7.89. The third-order valence-electron chi connectivity index (χ3n) is 3.93. The summed E-state index contributed by atoms with van der Waals surface area (Å²) in [5.74, 6) is -1.19. The summed E-state index contributed by atoms with van der Waals surface area (Å²) in [6.07, 6.45) is 2.23. The van der Waals surface area contributed by atoms with E-state index in [2.05, 4.69) is 4.98 Å². The number of piperidine rings is 1. The molecule has 0 amide bonds. The fraction of sp³-hybridized carbons (Fsp3) is 0.615. The lowest BCUT2D eigenvalue weighted by molar-refractivity contribution is 0.0690. The van der Waals surface area contributed by atoms with Crippen LogP contribution in [0.1, 0.15) is 41.0 Å². The zero-order valence-corrected chi connectivity index (χ0v) is 12.9. The standard InChI is InChI=1S/C13H20N2O5S/c1-8-11(13(17)18)14-9(2)12(8)21(19,20)15-6-4-3-5-10(15)7-16/h10,14,16H,3-7H2,1-2H3,(H,17,18). The highest BCUT2D eigenvalue weighted by Crippen LogP contribution is 2.30. The molecule has 1 aromatic rings. The number of aromatic amines is 1. The summed E-state index contributed by atoms with van der Waals surface area (Å²) in [4.78, 5) is 13.8. The van der Waals surface area contributed by atoms with E-state index in [9.17, 15) is 18.3 Å². The number of nitrogens with zero attached hydrogens (tertiary/aromatic N) is 1. The Morgan fingerprint density at radius 2 is 2.05 bits per heavy atom. The van der Waals surface area contributed by atoms with Gasteiger partial charge in [-0.2, -0.15) is 4.31 Å². The quantitative estimate of drug-likeness (QED) is 0.763. The Hall–Kier alpha value is -1.38. The number of carboxylic acid groups (broad SMARTS) is 1. The molecular weight excluding hydrogens is 296 g/mol. The predicted octanol–water partition coefficient (Wildman–Crippen LogP) is 0.865. The van der Waals surface area contributed by atoms with Crippen molar-refractivity contribution in [3.8, 4) is 0 Å². The Kier molecular flexibility index (Phi) is 4.40. The van der Waals surface area contributed by atoms with Gasteiger partial charge in [-0.3, -0.25) is 0 Å². The van der Waals surface area contributed by atoms with Crippen molar-refractivity contribution in [3.63, 3.8) is 0 Å². The number of rotatable bonds is 4. The van der Waals surface area contributed by atoms with Crippen LogP contribution in [0.25, 0.3) is 0 Å². The Morgan fingerprint density at radius 3 is 2.57 bits per heavy atom. The average Bonchev–Trinajstić information content (AvgIpc) is 2.74. The molecule has 3 N–H and O–H groups in total. The van der Waals surface area contributed by atoms with Gasteiger partial charge in [-0.25, -0.2) is 13.2 Å². The van der Waals surface area contributed by atoms with E-state index in [4.69, 9.17) is 5.11 Å². The molecule has 0 bridgehead atoms. The first-order valence-electron chi connectivity index (χ1n) is 6.85. The molecule has 1 aliphatic heterocycles. The van der Waals surface area contributed by atoms with Crippen LogP contribution < -0.4 is 0 Å². The zero-order chi connectivity index (χ0) is 15.8. The van der Waals surface area contributed by atoms with Crippen molar-refractivity contribution in [2.75, 3.05) is 13.2 Å². The van der Waals surface area contributed by atoms with Gasteiger partial charge in [0.05, 0.1) is 6.61 Å². The highest BCUT2D eigenvalue weighted by Gasteiger charge is 2.36. The lowest BCUT2D eigenvalue weighted by Crippen LogP contribution is -2.45. The van der Waals surface area contributed by atoms with Gasteiger partial charge in [0.1, 0.15) is 10.6 Å². The molecule has 2 heterocycles. The van der Waals surface area contributed by atoms with E-state index in [1.165, 1.54) is 11.2 Å². The number of hydrogen-bond acceptors (Lipinski definition) is 4. The number of aryl methyl sites for hydroxylation is 1. The van der Waals surface area contributed by atoms with E-state index in [1.54, 1.807) is 6.92 Å². The van der Waals surface area contributed by atoms with Gasteiger partial charge in [-0.15, -0.1) is 0 Å². The Morgan fingerprint density at radius 1 is 1.38 bits per heavy atom. The second kappa shape index (κ2) is 5.78. The smallest absolute Gasteiger partial charge is 0.352 e. The van der Waals surface area contributed by atoms with Crippen molar-refractivity contribution in [3.05, 3.63) is 17.0 Å². The van der Waals surface area contributed by atoms with Gasteiger partial charge >= 0.3 is 5.97 Å². The van der Waals surface area contributed by atoms with Crippen LogP contribution in [0, 0.1) is 13.8 Å². The molecule has 1 unspecified atom stereocenters. The van der Waals surface area contributed by atoms with E-state index in [1.807, 2.05) is 0 Å². The van der Waals surface area contributed by atoms with Crippen molar-refractivity contribution in [2.45, 2.75) is 44.0 Å². The van der Waals surface area contributed by atoms with Gasteiger partial charge in [0.2, 0.25) is 10.0 Å². The molecule has 1 aliphatic rings. The number of carbonyl (C=O) groups is 1. The number of nitrogens with one attached hydrogen (secondary N) is 1. The molecule has 0 saturated carbocycles. The lowest BCUT2D eigenvalue weighted by Gasteiger charge is -2.33. The maximum Gasteiger partial charge on any atom is 0.352 e. The van der Waals surface area contributed by atoms with Gasteiger partial charge < -0.3 is 15.2 Å². The second-order valence-corrected chi connectivity index (χ2v) is 7.16. The van der Waals surface area contributed by atoms with Crippen LogP contribution in [-0.4, -0.2) is 53.1 Å². The molecular formula is C13H20N2O5S. The summed E-state index contributed by atoms with van der Waals surface area (Å²) in [6.45, 7) is 3.15. The first kappa shape index (κ1) is 16.0. The van der Waals surface area contributed by atoms with Crippen molar-refractivity contribution >= 4 is 16.0 Å². The number of aliphatic hydroxyl groups is 1. The Balaban J connectivity index is 2.51. The van der Waals surface area contributed by atoms with Gasteiger partial charge in [0.15, 0.2) is 0 Å². The van der Waals surface area contributed by atoms with Gasteiger partial charge in [0.25, 0.3) is 0 Å². The first-order valence-corrected chi connectivity index (χ1v) is 8.29. The maximum absolute atomic E-state index is 12.8. The normalized spacial score (nSPS) is 20.6. The number of carboxylic acids is 1. The molecule has 0 aliphatic carbocycles. The van der Waals surface area contributed by atoms with Crippen LogP contribution in [0.2, 0.25) is 0 Å². The Bertz CT molecular complexity index is 650. The van der Waals surface area contributed by atoms with Gasteiger partial charge in [0, 0.05) is 23.8 Å². The monoisotopic (exact) mass is 316 g/mol. The molecule has 1 saturated heterocycles. The minimum Gasteiger partial charge on any atom is -0.477 e. The summed E-state index contributed by atoms with van der Waals surface area (Å²) in [5.41, 5.74) is 0.415. The molecule has 2 rings (SSSR count). The van der Waals surface area contributed by atoms with Crippen molar-refractivity contribution in [1.29, 1.82) is 0 Å². The summed E-state index contributed by atoms with van der Waals surface area (Å²) in [7, 11) is -3.82. The second-order valence-electron chi connectivity index (χ2n) is 5.33. The number of H-pyrrole nitrogens is 1. The molecule has 118 valence electrons. The molecule has 0 radical (unpaired) electrons. The fourth-order valence-electron chi connectivity index (χ4n) is 2.92. The zero-order valence-electron chi connectivity index (χ0n) is 12.1. The van der Waals surface area contributed by atoms with Crippen molar-refractivity contribution in [2.24, 2.45) is 0 Å².